The molecule has 0 aliphatic carbocycles. The van der Waals surface area contributed by atoms with Gasteiger partial charge in [0.15, 0.2) is 11.6 Å². The molecule has 7 nitrogen and oxygen atoms in total. The zero-order chi connectivity index (χ0) is 20.8. The average molecular weight is 418 g/mol. The van der Waals surface area contributed by atoms with Gasteiger partial charge in [0, 0.05) is 12.0 Å². The monoisotopic (exact) mass is 417 g/mol. The van der Waals surface area contributed by atoms with Crippen LogP contribution in [0.3, 0.4) is 0 Å². The molecule has 1 N–H and O–H groups in total. The zero-order valence-electron chi connectivity index (χ0n) is 16.7. The van der Waals surface area contributed by atoms with Gasteiger partial charge in [0.1, 0.15) is 0 Å². The first kappa shape index (κ1) is 20.0. The van der Waals surface area contributed by atoms with E-state index in [2.05, 4.69) is 86.7 Å². The maximum atomic E-state index is 4.66. The van der Waals surface area contributed by atoms with E-state index in [4.69, 9.17) is 0 Å². The molecule has 0 amide bonds. The lowest BCUT2D eigenvalue weighted by molar-refractivity contribution is 0.667. The number of benzene rings is 2. The van der Waals surface area contributed by atoms with Gasteiger partial charge in [-0.05, 0) is 40.2 Å². The maximum absolute atomic E-state index is 4.66. The van der Waals surface area contributed by atoms with Gasteiger partial charge in [-0.3, -0.25) is 0 Å². The fourth-order valence-corrected chi connectivity index (χ4v) is 3.44. The Labute approximate surface area is 180 Å². The smallest absolute Gasteiger partial charge is 0.205 e. The molecule has 2 aromatic carbocycles. The average Bonchev–Trinajstić information content (AvgIpc) is 3.44. The molecule has 0 radical (unpaired) electrons. The second-order valence-electron chi connectivity index (χ2n) is 6.81. The summed E-state index contributed by atoms with van der Waals surface area (Å²) >= 11 is 4.30. The molecule has 4 aromatic rings. The van der Waals surface area contributed by atoms with Crippen molar-refractivity contribution in [3.63, 3.8) is 0 Å². The summed E-state index contributed by atoms with van der Waals surface area (Å²) in [5, 5.41) is 19.1. The number of rotatable bonds is 8. The summed E-state index contributed by atoms with van der Waals surface area (Å²) < 4.78 is 1.95. The summed E-state index contributed by atoms with van der Waals surface area (Å²) in [6.07, 6.45) is 5.85. The molecule has 4 rings (SSSR count). The van der Waals surface area contributed by atoms with Crippen LogP contribution in [0.15, 0.2) is 54.6 Å². The van der Waals surface area contributed by atoms with Gasteiger partial charge in [-0.25, -0.2) is 9.67 Å². The molecular weight excluding hydrogens is 394 g/mol. The fourth-order valence-electron chi connectivity index (χ4n) is 3.24. The van der Waals surface area contributed by atoms with Crippen LogP contribution in [0.5, 0.6) is 0 Å². The minimum atomic E-state index is 0.585. The van der Waals surface area contributed by atoms with Crippen LogP contribution in [0.1, 0.15) is 30.6 Å². The maximum Gasteiger partial charge on any atom is 0.205 e. The second kappa shape index (κ2) is 9.49. The summed E-state index contributed by atoms with van der Waals surface area (Å²) in [6, 6.07) is 16.5. The van der Waals surface area contributed by atoms with Crippen molar-refractivity contribution in [3.8, 4) is 22.5 Å². The number of aryl methyl sites for hydroxylation is 1. The molecule has 0 saturated heterocycles. The van der Waals surface area contributed by atoms with Crippen LogP contribution < -0.4 is 0 Å². The predicted molar refractivity (Wildman–Crippen MR) is 121 cm³/mol. The lowest BCUT2D eigenvalue weighted by Crippen LogP contribution is -2.04. The van der Waals surface area contributed by atoms with Crippen molar-refractivity contribution < 1.29 is 0 Å². The number of nitrogens with one attached hydrogen (secondary N) is 1. The molecule has 8 heteroatoms. The van der Waals surface area contributed by atoms with E-state index in [9.17, 15) is 0 Å². The number of nitrogens with zero attached hydrogens (tertiary/aromatic N) is 6. The van der Waals surface area contributed by atoms with Crippen LogP contribution in [-0.2, 0) is 13.0 Å². The lowest BCUT2D eigenvalue weighted by Gasteiger charge is -2.09. The Kier molecular flexibility index (Phi) is 6.34. The molecule has 30 heavy (non-hydrogen) atoms. The Hall–Kier alpha value is -3.26. The van der Waals surface area contributed by atoms with Gasteiger partial charge in [0.2, 0.25) is 5.82 Å². The lowest BCUT2D eigenvalue weighted by atomic mass is 9.98. The minimum Gasteiger partial charge on any atom is -0.242 e. The Bertz CT molecular complexity index is 1110. The largest absolute Gasteiger partial charge is 0.242 e. The van der Waals surface area contributed by atoms with Crippen LogP contribution >= 0.6 is 12.6 Å². The second-order valence-corrected chi connectivity index (χ2v) is 7.25. The number of hydrogen-bond donors (Lipinski definition) is 2. The number of allylic oxidation sites excluding steroid dienone is 1. The number of aromatic nitrogens is 7. The molecule has 0 aliphatic rings. The van der Waals surface area contributed by atoms with Gasteiger partial charge < -0.3 is 0 Å². The number of H-pyrrole nitrogens is 1. The fraction of sp³-hybridized carbons (Fsp3) is 0.227. The third-order valence-corrected chi connectivity index (χ3v) is 4.92. The highest BCUT2D eigenvalue weighted by molar-refractivity contribution is 7.80. The molecule has 0 aliphatic heterocycles. The van der Waals surface area contributed by atoms with E-state index in [-0.39, 0.29) is 0 Å². The van der Waals surface area contributed by atoms with E-state index in [1.54, 1.807) is 0 Å². The minimum absolute atomic E-state index is 0.585. The SMILES string of the molecule is CCC=Cc1nc(CCS)nn1Cc1ccc(-c2ccccc2-c2nn[nH]n2)cc1. The van der Waals surface area contributed by atoms with Gasteiger partial charge >= 0.3 is 0 Å². The summed E-state index contributed by atoms with van der Waals surface area (Å²) in [7, 11) is 0. The molecule has 0 saturated carbocycles. The van der Waals surface area contributed by atoms with Crippen molar-refractivity contribution in [1.82, 2.24) is 35.4 Å². The standard InChI is InChI=1S/C22H23N7S/c1-2-3-8-21-23-20(13-14-30)26-29(21)15-16-9-11-17(12-10-16)18-6-4-5-7-19(18)22-24-27-28-25-22/h3-12,30H,2,13-15H2,1H3,(H,24,25,27,28). The summed E-state index contributed by atoms with van der Waals surface area (Å²) in [5.74, 6) is 3.02. The Morgan fingerprint density at radius 1 is 1.07 bits per heavy atom. The zero-order valence-corrected chi connectivity index (χ0v) is 17.6. The first-order chi connectivity index (χ1) is 14.8. The van der Waals surface area contributed by atoms with E-state index in [1.807, 2.05) is 29.0 Å². The van der Waals surface area contributed by atoms with Crippen LogP contribution in [0, 0.1) is 0 Å². The van der Waals surface area contributed by atoms with Crippen molar-refractivity contribution in [2.24, 2.45) is 0 Å². The first-order valence-corrected chi connectivity index (χ1v) is 10.5. The third kappa shape index (κ3) is 4.49. The van der Waals surface area contributed by atoms with Crippen LogP contribution in [0.25, 0.3) is 28.6 Å². The highest BCUT2D eigenvalue weighted by Crippen LogP contribution is 2.29. The highest BCUT2D eigenvalue weighted by Gasteiger charge is 2.11. The van der Waals surface area contributed by atoms with Crippen LogP contribution in [0.2, 0.25) is 0 Å². The van der Waals surface area contributed by atoms with Gasteiger partial charge in [0.25, 0.3) is 0 Å². The van der Waals surface area contributed by atoms with Crippen LogP contribution in [-0.4, -0.2) is 41.1 Å². The van der Waals surface area contributed by atoms with Crippen molar-refractivity contribution in [2.45, 2.75) is 26.3 Å². The van der Waals surface area contributed by atoms with Crippen molar-refractivity contribution in [1.29, 1.82) is 0 Å². The third-order valence-electron chi connectivity index (χ3n) is 4.69. The van der Waals surface area contributed by atoms with Crippen LogP contribution in [0.4, 0.5) is 0 Å². The molecule has 0 unspecified atom stereocenters. The Balaban J connectivity index is 1.59. The Morgan fingerprint density at radius 2 is 1.87 bits per heavy atom. The van der Waals surface area contributed by atoms with E-state index in [1.165, 1.54) is 0 Å². The molecule has 0 atom stereocenters. The molecule has 152 valence electrons. The molecule has 0 bridgehead atoms. The Morgan fingerprint density at radius 3 is 2.57 bits per heavy atom. The summed E-state index contributed by atoms with van der Waals surface area (Å²) in [4.78, 5) is 4.63. The van der Waals surface area contributed by atoms with E-state index < -0.39 is 0 Å². The molecule has 0 spiro atoms. The van der Waals surface area contributed by atoms with Gasteiger partial charge in [-0.2, -0.15) is 22.9 Å². The van der Waals surface area contributed by atoms with Crippen molar-refractivity contribution in [3.05, 3.63) is 71.8 Å². The molecular formula is C22H23N7S. The highest BCUT2D eigenvalue weighted by atomic mass is 32.1. The topological polar surface area (TPSA) is 85.2 Å². The number of aromatic amines is 1. The number of hydrogen-bond acceptors (Lipinski definition) is 6. The number of tetrazole rings is 1. The van der Waals surface area contributed by atoms with E-state index in [0.717, 1.165) is 52.5 Å². The van der Waals surface area contributed by atoms with Gasteiger partial charge in [-0.1, -0.05) is 61.5 Å². The van der Waals surface area contributed by atoms with E-state index in [0.29, 0.717) is 12.4 Å². The van der Waals surface area contributed by atoms with E-state index >= 15 is 0 Å². The summed E-state index contributed by atoms with van der Waals surface area (Å²) in [5.41, 5.74) is 4.26. The molecule has 0 fully saturated rings. The molecule has 2 heterocycles. The molecule has 2 aromatic heterocycles. The normalized spacial score (nSPS) is 11.4. The first-order valence-electron chi connectivity index (χ1n) is 9.91. The predicted octanol–water partition coefficient (Wildman–Crippen LogP) is 4.07. The van der Waals surface area contributed by atoms with Crippen molar-refractivity contribution >= 4 is 18.7 Å². The quantitative estimate of drug-likeness (QED) is 0.422. The summed E-state index contributed by atoms with van der Waals surface area (Å²) in [6.45, 7) is 2.77. The number of thiol groups is 1. The van der Waals surface area contributed by atoms with Gasteiger partial charge in [-0.15, -0.1) is 10.2 Å². The van der Waals surface area contributed by atoms with Crippen molar-refractivity contribution in [2.75, 3.05) is 5.75 Å². The van der Waals surface area contributed by atoms with Gasteiger partial charge in [0.05, 0.1) is 6.54 Å².